The van der Waals surface area contributed by atoms with Crippen LogP contribution in [0.2, 0.25) is 0 Å². The lowest BCUT2D eigenvalue weighted by atomic mass is 10.1. The van der Waals surface area contributed by atoms with Crippen molar-refractivity contribution in [3.8, 4) is 17.1 Å². The normalized spacial score (nSPS) is 11.1. The van der Waals surface area contributed by atoms with Crippen LogP contribution in [0.5, 0.6) is 0 Å². The Balaban J connectivity index is 1.50. The highest BCUT2D eigenvalue weighted by Gasteiger charge is 2.29. The van der Waals surface area contributed by atoms with Crippen molar-refractivity contribution in [3.05, 3.63) is 184 Å². The Hall–Kier alpha value is -6.08. The Morgan fingerprint density at radius 2 is 1.19 bits per heavy atom. The second-order valence-electron chi connectivity index (χ2n) is 12.0. The monoisotopic (exact) mass is 629 g/mol. The van der Waals surface area contributed by atoms with E-state index >= 15 is 4.79 Å². The molecule has 48 heavy (non-hydrogen) atoms. The standard InChI is InChI=1S/C41H35N5O2/c1-29-23-24-35(25-30(29)2)46-39-37(45(41(46)48)28-33-19-11-5-12-20-33)36(42-38(43-39)34-21-13-6-14-22-34)40(47)44(26-31-15-7-3-8-16-31)27-32-17-9-4-10-18-32/h3-25H,26-28H2,1-2H3. The fourth-order valence-corrected chi connectivity index (χ4v) is 5.99. The fourth-order valence-electron chi connectivity index (χ4n) is 5.99. The highest BCUT2D eigenvalue weighted by molar-refractivity contribution is 6.03. The molecule has 0 saturated heterocycles. The number of aromatic nitrogens is 4. The Morgan fingerprint density at radius 1 is 0.646 bits per heavy atom. The molecule has 5 aromatic carbocycles. The average molecular weight is 630 g/mol. The molecule has 0 saturated carbocycles. The maximum atomic E-state index is 15.0. The maximum Gasteiger partial charge on any atom is 0.335 e. The van der Waals surface area contributed by atoms with E-state index in [1.807, 2.05) is 153 Å². The minimum atomic E-state index is -0.289. The zero-order valence-electron chi connectivity index (χ0n) is 27.0. The Bertz CT molecular complexity index is 2220. The van der Waals surface area contributed by atoms with Crippen LogP contribution in [0.25, 0.3) is 28.2 Å². The van der Waals surface area contributed by atoms with Gasteiger partial charge in [0.05, 0.1) is 12.2 Å². The molecule has 7 nitrogen and oxygen atoms in total. The number of nitrogens with zero attached hydrogens (tertiary/aromatic N) is 5. The topological polar surface area (TPSA) is 73.0 Å². The summed E-state index contributed by atoms with van der Waals surface area (Å²) in [6.07, 6.45) is 0. The van der Waals surface area contributed by atoms with Gasteiger partial charge in [-0.05, 0) is 53.8 Å². The van der Waals surface area contributed by atoms with Crippen molar-refractivity contribution in [3.63, 3.8) is 0 Å². The van der Waals surface area contributed by atoms with E-state index in [4.69, 9.17) is 9.97 Å². The molecule has 7 heteroatoms. The van der Waals surface area contributed by atoms with Gasteiger partial charge in [-0.2, -0.15) is 0 Å². The van der Waals surface area contributed by atoms with Crippen molar-refractivity contribution < 1.29 is 4.79 Å². The lowest BCUT2D eigenvalue weighted by Crippen LogP contribution is -2.32. The van der Waals surface area contributed by atoms with Gasteiger partial charge in [0.2, 0.25) is 0 Å². The molecule has 7 aromatic rings. The van der Waals surface area contributed by atoms with Crippen molar-refractivity contribution in [1.29, 1.82) is 0 Å². The van der Waals surface area contributed by atoms with Gasteiger partial charge in [0.1, 0.15) is 5.52 Å². The summed E-state index contributed by atoms with van der Waals surface area (Å²) in [5.41, 5.74) is 7.19. The molecule has 0 aliphatic carbocycles. The molecule has 2 heterocycles. The Morgan fingerprint density at radius 3 is 1.75 bits per heavy atom. The number of carbonyl (C=O) groups excluding carboxylic acids is 1. The highest BCUT2D eigenvalue weighted by atomic mass is 16.2. The minimum Gasteiger partial charge on any atom is -0.329 e. The lowest BCUT2D eigenvalue weighted by Gasteiger charge is -2.23. The van der Waals surface area contributed by atoms with E-state index < -0.39 is 0 Å². The first-order valence-corrected chi connectivity index (χ1v) is 16.0. The van der Waals surface area contributed by atoms with Crippen LogP contribution in [0.15, 0.2) is 144 Å². The Kier molecular flexibility index (Phi) is 8.49. The second-order valence-corrected chi connectivity index (χ2v) is 12.0. The Labute approximate surface area is 279 Å². The molecule has 0 atom stereocenters. The molecule has 0 fully saturated rings. The second kappa shape index (κ2) is 13.3. The van der Waals surface area contributed by atoms with Crippen LogP contribution < -0.4 is 5.69 Å². The van der Waals surface area contributed by atoms with Gasteiger partial charge in [0, 0.05) is 18.7 Å². The van der Waals surface area contributed by atoms with Crippen molar-refractivity contribution in [1.82, 2.24) is 24.0 Å². The molecular formula is C41H35N5O2. The molecule has 236 valence electrons. The molecule has 2 aromatic heterocycles. The molecule has 0 unspecified atom stereocenters. The average Bonchev–Trinajstić information content (AvgIpc) is 3.40. The van der Waals surface area contributed by atoms with E-state index in [1.54, 1.807) is 14.0 Å². The van der Waals surface area contributed by atoms with Gasteiger partial charge in [0.25, 0.3) is 5.91 Å². The summed E-state index contributed by atoms with van der Waals surface area (Å²) in [7, 11) is 0. The SMILES string of the molecule is Cc1ccc(-n2c(=O)n(Cc3ccccc3)c3c(C(=O)N(Cc4ccccc4)Cc4ccccc4)nc(-c4ccccc4)nc32)cc1C. The quantitative estimate of drug-likeness (QED) is 0.164. The third-order valence-corrected chi connectivity index (χ3v) is 8.66. The fraction of sp³-hybridized carbons (Fsp3) is 0.122. The number of carbonyl (C=O) groups is 1. The summed E-state index contributed by atoms with van der Waals surface area (Å²) in [5.74, 6) is 0.0894. The van der Waals surface area contributed by atoms with Gasteiger partial charge in [0.15, 0.2) is 17.2 Å². The predicted molar refractivity (Wildman–Crippen MR) is 190 cm³/mol. The largest absolute Gasteiger partial charge is 0.335 e. The molecule has 0 N–H and O–H groups in total. The zero-order valence-corrected chi connectivity index (χ0v) is 27.0. The molecular weight excluding hydrogens is 594 g/mol. The van der Waals surface area contributed by atoms with Gasteiger partial charge in [-0.25, -0.2) is 19.3 Å². The van der Waals surface area contributed by atoms with E-state index in [0.717, 1.165) is 33.4 Å². The number of hydrogen-bond acceptors (Lipinski definition) is 4. The summed E-state index contributed by atoms with van der Waals surface area (Å²) in [6.45, 7) is 5.04. The third kappa shape index (κ3) is 6.18. The summed E-state index contributed by atoms with van der Waals surface area (Å²) in [4.78, 5) is 41.4. The first-order valence-electron chi connectivity index (χ1n) is 16.0. The highest BCUT2D eigenvalue weighted by Crippen LogP contribution is 2.27. The molecule has 0 aliphatic rings. The summed E-state index contributed by atoms with van der Waals surface area (Å²) in [6, 6.07) is 45.2. The minimum absolute atomic E-state index is 0.182. The number of benzene rings is 5. The number of aryl methyl sites for hydroxylation is 2. The van der Waals surface area contributed by atoms with E-state index in [-0.39, 0.29) is 23.8 Å². The van der Waals surface area contributed by atoms with E-state index in [0.29, 0.717) is 35.8 Å². The number of hydrogen-bond donors (Lipinski definition) is 0. The van der Waals surface area contributed by atoms with E-state index in [1.165, 1.54) is 0 Å². The number of rotatable bonds is 9. The first-order chi connectivity index (χ1) is 23.5. The van der Waals surface area contributed by atoms with Gasteiger partial charge in [-0.3, -0.25) is 9.36 Å². The molecule has 0 bridgehead atoms. The van der Waals surface area contributed by atoms with Gasteiger partial charge >= 0.3 is 5.69 Å². The van der Waals surface area contributed by atoms with Gasteiger partial charge in [-0.1, -0.05) is 127 Å². The van der Waals surface area contributed by atoms with Crippen molar-refractivity contribution >= 4 is 17.1 Å². The predicted octanol–water partition coefficient (Wildman–Crippen LogP) is 7.76. The lowest BCUT2D eigenvalue weighted by molar-refractivity contribution is 0.0725. The summed E-state index contributed by atoms with van der Waals surface area (Å²) < 4.78 is 3.26. The number of amides is 1. The smallest absolute Gasteiger partial charge is 0.329 e. The van der Waals surface area contributed by atoms with Gasteiger partial charge in [-0.15, -0.1) is 0 Å². The van der Waals surface area contributed by atoms with Crippen LogP contribution in [0.4, 0.5) is 0 Å². The first kappa shape index (κ1) is 30.6. The van der Waals surface area contributed by atoms with Crippen molar-refractivity contribution in [2.45, 2.75) is 33.5 Å². The molecule has 0 radical (unpaired) electrons. The number of fused-ring (bicyclic) bond motifs is 1. The third-order valence-electron chi connectivity index (χ3n) is 8.66. The number of imidazole rings is 1. The van der Waals surface area contributed by atoms with Crippen LogP contribution in [0, 0.1) is 13.8 Å². The van der Waals surface area contributed by atoms with Crippen molar-refractivity contribution in [2.75, 3.05) is 0 Å². The zero-order chi connectivity index (χ0) is 33.0. The van der Waals surface area contributed by atoms with E-state index in [9.17, 15) is 4.79 Å². The van der Waals surface area contributed by atoms with Crippen molar-refractivity contribution in [2.24, 2.45) is 0 Å². The van der Waals surface area contributed by atoms with Crippen LogP contribution >= 0.6 is 0 Å². The molecule has 0 spiro atoms. The summed E-state index contributed by atoms with van der Waals surface area (Å²) >= 11 is 0. The molecule has 7 rings (SSSR count). The van der Waals surface area contributed by atoms with Crippen LogP contribution in [0.3, 0.4) is 0 Å². The van der Waals surface area contributed by atoms with Crippen LogP contribution in [-0.4, -0.2) is 29.9 Å². The maximum absolute atomic E-state index is 15.0. The van der Waals surface area contributed by atoms with Crippen LogP contribution in [-0.2, 0) is 19.6 Å². The van der Waals surface area contributed by atoms with Gasteiger partial charge < -0.3 is 4.90 Å². The summed E-state index contributed by atoms with van der Waals surface area (Å²) in [5, 5.41) is 0. The van der Waals surface area contributed by atoms with E-state index in [2.05, 4.69) is 0 Å². The molecule has 0 aliphatic heterocycles. The molecule has 1 amide bonds. The van der Waals surface area contributed by atoms with Crippen LogP contribution in [0.1, 0.15) is 38.3 Å².